The summed E-state index contributed by atoms with van der Waals surface area (Å²) in [5, 5.41) is 4.58. The first-order valence-corrected chi connectivity index (χ1v) is 24.6. The first kappa shape index (κ1) is 38.1. The van der Waals surface area contributed by atoms with Crippen molar-refractivity contribution in [1.82, 2.24) is 4.57 Å². The van der Waals surface area contributed by atoms with Gasteiger partial charge in [0.25, 0.3) is 0 Å². The molecular formula is C70H49N3. The summed E-state index contributed by atoms with van der Waals surface area (Å²) in [6.45, 7) is 0. The van der Waals surface area contributed by atoms with Crippen LogP contribution in [-0.2, 0) is 0 Å². The molecule has 0 saturated heterocycles. The summed E-state index contributed by atoms with van der Waals surface area (Å²) in [5.41, 5.74) is 15.9. The van der Waals surface area contributed by atoms with Crippen LogP contribution < -0.4 is 9.80 Å². The third kappa shape index (κ3) is 8.29. The van der Waals surface area contributed by atoms with Gasteiger partial charge in [-0.25, -0.2) is 0 Å². The average molecular weight is 937 g/mol. The van der Waals surface area contributed by atoms with Crippen molar-refractivity contribution in [3.8, 4) is 50.2 Å². The molecule has 0 spiro atoms. The van der Waals surface area contributed by atoms with Crippen LogP contribution in [0.25, 0.3) is 82.8 Å². The van der Waals surface area contributed by atoms with E-state index in [2.05, 4.69) is 233 Å². The van der Waals surface area contributed by atoms with E-state index < -0.39 is 6.04 Å². The second kappa shape index (κ2) is 18.9. The molecule has 0 fully saturated rings. The Labute approximate surface area is 433 Å². The fourth-order valence-corrected chi connectivity index (χ4v) is 10.4. The number of para-hydroxylation sites is 2. The Morgan fingerprint density at radius 2 is 0.726 bits per heavy atom. The molecule has 1 aromatic heterocycles. The van der Waals surface area contributed by atoms with Crippen molar-refractivity contribution < 1.29 is 6.85 Å². The maximum Gasteiger partial charge on any atom is 0.0629 e. The van der Waals surface area contributed by atoms with Crippen molar-refractivity contribution in [3.05, 3.63) is 297 Å². The summed E-state index contributed by atoms with van der Waals surface area (Å²) in [4.78, 5) is 4.60. The molecule has 0 bridgehead atoms. The van der Waals surface area contributed by atoms with Gasteiger partial charge in [0.15, 0.2) is 0 Å². The van der Waals surface area contributed by atoms with Crippen LogP contribution in [-0.4, -0.2) is 4.57 Å². The van der Waals surface area contributed by atoms with Crippen molar-refractivity contribution in [2.24, 2.45) is 0 Å². The molecule has 3 heteroatoms. The van der Waals surface area contributed by atoms with E-state index in [9.17, 15) is 0 Å². The number of aromatic nitrogens is 1. The van der Waals surface area contributed by atoms with E-state index in [1.54, 1.807) is 0 Å². The highest BCUT2D eigenvalue weighted by atomic mass is 15.2. The Hall–Kier alpha value is -9.70. The molecule has 344 valence electrons. The molecule has 13 aromatic rings. The summed E-state index contributed by atoms with van der Waals surface area (Å²) in [6.07, 6.45) is 0. The molecular weight excluding hydrogens is 883 g/mol. The molecule has 0 amide bonds. The standard InChI is InChI=1S/C70H49N3/c1-5-18-50(19-6-1)53-32-38-59(39-33-53)71(60-40-34-54(35-41-60)51-20-7-2-8-21-51)63-46-57(66-30-17-25-56-24-13-14-28-65(56)66)47-64(48-63)72(61-42-36-55(37-43-61)52-22-9-3-10-23-52)62-44-45-68-67-29-15-16-31-69(67)73(70(68)49-62)58-26-11-4-12-27-58/h1-49H/i1D,5D,6D,18D,19D. The molecule has 0 aliphatic rings. The summed E-state index contributed by atoms with van der Waals surface area (Å²) in [5.74, 6) is 0. The highest BCUT2D eigenvalue weighted by molar-refractivity contribution is 6.10. The highest BCUT2D eigenvalue weighted by Gasteiger charge is 2.22. The molecule has 0 saturated carbocycles. The third-order valence-electron chi connectivity index (χ3n) is 13.8. The van der Waals surface area contributed by atoms with Crippen LogP contribution in [0, 0.1) is 0 Å². The van der Waals surface area contributed by atoms with E-state index in [-0.39, 0.29) is 29.7 Å². The van der Waals surface area contributed by atoms with Gasteiger partial charge in [0.2, 0.25) is 0 Å². The van der Waals surface area contributed by atoms with Gasteiger partial charge in [0, 0.05) is 50.6 Å². The minimum atomic E-state index is -0.419. The van der Waals surface area contributed by atoms with Gasteiger partial charge >= 0.3 is 0 Å². The van der Waals surface area contributed by atoms with E-state index in [0.717, 1.165) is 100 Å². The maximum absolute atomic E-state index is 8.83. The average Bonchev–Trinajstić information content (AvgIpc) is 3.92. The van der Waals surface area contributed by atoms with Gasteiger partial charge in [-0.15, -0.1) is 0 Å². The van der Waals surface area contributed by atoms with Crippen molar-refractivity contribution in [3.63, 3.8) is 0 Å². The van der Waals surface area contributed by atoms with Gasteiger partial charge in [0.05, 0.1) is 17.9 Å². The van der Waals surface area contributed by atoms with Crippen molar-refractivity contribution in [2.45, 2.75) is 0 Å². The van der Waals surface area contributed by atoms with E-state index in [1.165, 1.54) is 5.39 Å². The maximum atomic E-state index is 8.83. The van der Waals surface area contributed by atoms with E-state index in [1.807, 2.05) is 48.5 Å². The predicted molar refractivity (Wildman–Crippen MR) is 309 cm³/mol. The molecule has 0 aliphatic heterocycles. The number of rotatable bonds is 11. The van der Waals surface area contributed by atoms with Crippen LogP contribution in [0.1, 0.15) is 6.85 Å². The normalized spacial score (nSPS) is 12.2. The number of hydrogen-bond donors (Lipinski definition) is 0. The van der Waals surface area contributed by atoms with E-state index >= 15 is 0 Å². The molecule has 12 aromatic carbocycles. The van der Waals surface area contributed by atoms with Crippen LogP contribution >= 0.6 is 0 Å². The number of hydrogen-bond acceptors (Lipinski definition) is 2. The van der Waals surface area contributed by atoms with Gasteiger partial charge in [-0.2, -0.15) is 0 Å². The van der Waals surface area contributed by atoms with E-state index in [0.29, 0.717) is 5.56 Å². The quantitative estimate of drug-likeness (QED) is 0.128. The van der Waals surface area contributed by atoms with Crippen molar-refractivity contribution in [1.29, 1.82) is 0 Å². The first-order chi connectivity index (χ1) is 38.3. The van der Waals surface area contributed by atoms with Crippen LogP contribution in [0.2, 0.25) is 0 Å². The summed E-state index contributed by atoms with van der Waals surface area (Å²) in [7, 11) is 0. The topological polar surface area (TPSA) is 11.4 Å². The van der Waals surface area contributed by atoms with E-state index in [4.69, 9.17) is 6.85 Å². The molecule has 0 aliphatic carbocycles. The SMILES string of the molecule is [2H]c1c([2H])c([2H])c(-c2ccc(N(c3ccc(-c4ccccc4)cc3)c3cc(-c4cccc5ccccc45)cc(N(c4ccc(-c5ccccc5)cc4)c4ccc5c6ccccc6n(-c6ccccc6)c5c4)c3)cc2)c([2H])c1[2H]. The lowest BCUT2D eigenvalue weighted by Crippen LogP contribution is -2.14. The number of anilines is 6. The molecule has 1 heterocycles. The fraction of sp³-hybridized carbons (Fsp3) is 0. The molecule has 3 nitrogen and oxygen atoms in total. The molecule has 0 N–H and O–H groups in total. The molecule has 13 rings (SSSR count). The molecule has 0 radical (unpaired) electrons. The van der Waals surface area contributed by atoms with Gasteiger partial charge in [-0.3, -0.25) is 0 Å². The lowest BCUT2D eigenvalue weighted by Gasteiger charge is -2.31. The van der Waals surface area contributed by atoms with Gasteiger partial charge in [-0.05, 0) is 140 Å². The molecule has 0 unspecified atom stereocenters. The number of nitrogens with zero attached hydrogens (tertiary/aromatic N) is 3. The lowest BCUT2D eigenvalue weighted by atomic mass is 9.96. The number of fused-ring (bicyclic) bond motifs is 4. The highest BCUT2D eigenvalue weighted by Crippen LogP contribution is 2.46. The van der Waals surface area contributed by atoms with Gasteiger partial charge in [0.1, 0.15) is 0 Å². The zero-order valence-electron chi connectivity index (χ0n) is 44.7. The fourth-order valence-electron chi connectivity index (χ4n) is 10.4. The summed E-state index contributed by atoms with van der Waals surface area (Å²) in [6, 6.07) is 92.0. The minimum Gasteiger partial charge on any atom is -0.310 e. The van der Waals surface area contributed by atoms with Crippen molar-refractivity contribution >= 4 is 66.7 Å². The predicted octanol–water partition coefficient (Wildman–Crippen LogP) is 19.5. The van der Waals surface area contributed by atoms with Gasteiger partial charge in [-0.1, -0.05) is 212 Å². The lowest BCUT2D eigenvalue weighted by molar-refractivity contribution is 1.18. The Kier molecular flexibility index (Phi) is 9.86. The molecule has 0 atom stereocenters. The molecule has 73 heavy (non-hydrogen) atoms. The largest absolute Gasteiger partial charge is 0.310 e. The summed E-state index contributed by atoms with van der Waals surface area (Å²) >= 11 is 0. The third-order valence-corrected chi connectivity index (χ3v) is 13.8. The number of benzene rings is 12. The minimum absolute atomic E-state index is 0.156. The summed E-state index contributed by atoms with van der Waals surface area (Å²) < 4.78 is 45.2. The zero-order chi connectivity index (χ0) is 52.9. The second-order valence-corrected chi connectivity index (χ2v) is 18.2. The van der Waals surface area contributed by atoms with Crippen molar-refractivity contribution in [2.75, 3.05) is 9.80 Å². The zero-order valence-corrected chi connectivity index (χ0v) is 39.7. The van der Waals surface area contributed by atoms with Crippen LogP contribution in [0.3, 0.4) is 0 Å². The van der Waals surface area contributed by atoms with Crippen LogP contribution in [0.4, 0.5) is 34.1 Å². The Balaban J connectivity index is 1.07. The first-order valence-electron chi connectivity index (χ1n) is 27.1. The second-order valence-electron chi connectivity index (χ2n) is 18.2. The monoisotopic (exact) mass is 936 g/mol. The Morgan fingerprint density at radius 3 is 1.33 bits per heavy atom. The van der Waals surface area contributed by atoms with Gasteiger partial charge < -0.3 is 14.4 Å². The van der Waals surface area contributed by atoms with Crippen LogP contribution in [0.15, 0.2) is 297 Å². The Bertz CT molecular complexity index is 4320. The Morgan fingerprint density at radius 1 is 0.274 bits per heavy atom. The smallest absolute Gasteiger partial charge is 0.0629 e. The van der Waals surface area contributed by atoms with Crippen LogP contribution in [0.5, 0.6) is 0 Å².